The number of amides is 4. The van der Waals surface area contributed by atoms with Crippen LogP contribution in [0, 0.1) is 6.92 Å². The number of fused-ring (bicyclic) bond motifs is 1. The summed E-state index contributed by atoms with van der Waals surface area (Å²) >= 11 is 0. The van der Waals surface area contributed by atoms with Crippen LogP contribution in [0.15, 0.2) is 54.2 Å². The Bertz CT molecular complexity index is 1260. The van der Waals surface area contributed by atoms with E-state index in [1.807, 2.05) is 37.3 Å². The molecule has 7 nitrogen and oxygen atoms in total. The molecule has 0 aliphatic carbocycles. The molecule has 2 aliphatic rings. The van der Waals surface area contributed by atoms with Crippen LogP contribution < -0.4 is 15.5 Å². The summed E-state index contributed by atoms with van der Waals surface area (Å²) in [6.45, 7) is 11.2. The van der Waals surface area contributed by atoms with E-state index in [0.29, 0.717) is 5.69 Å². The maximum atomic E-state index is 12.9. The fourth-order valence-corrected chi connectivity index (χ4v) is 4.77. The van der Waals surface area contributed by atoms with Gasteiger partial charge in [0.1, 0.15) is 12.2 Å². The first-order valence-corrected chi connectivity index (χ1v) is 11.9. The number of imide groups is 1. The van der Waals surface area contributed by atoms with E-state index in [-0.39, 0.29) is 17.8 Å². The zero-order valence-corrected chi connectivity index (χ0v) is 20.9. The van der Waals surface area contributed by atoms with Gasteiger partial charge in [0.05, 0.1) is 5.54 Å². The Kier molecular flexibility index (Phi) is 6.52. The Morgan fingerprint density at radius 1 is 1.11 bits per heavy atom. The molecule has 1 fully saturated rings. The molecule has 1 saturated heterocycles. The van der Waals surface area contributed by atoms with Gasteiger partial charge in [-0.05, 0) is 81.2 Å². The summed E-state index contributed by atoms with van der Waals surface area (Å²) in [4.78, 5) is 41.1. The number of rotatable bonds is 6. The molecule has 0 aromatic heterocycles. The fraction of sp³-hybridized carbons (Fsp3) is 0.321. The van der Waals surface area contributed by atoms with Crippen LogP contribution in [0.5, 0.6) is 0 Å². The molecule has 0 unspecified atom stereocenters. The van der Waals surface area contributed by atoms with Crippen LogP contribution >= 0.6 is 0 Å². The zero-order chi connectivity index (χ0) is 25.3. The minimum absolute atomic E-state index is 0.0814. The summed E-state index contributed by atoms with van der Waals surface area (Å²) in [6.07, 6.45) is 4.96. The van der Waals surface area contributed by atoms with E-state index in [4.69, 9.17) is 0 Å². The summed E-state index contributed by atoms with van der Waals surface area (Å²) in [5, 5.41) is 5.34. The van der Waals surface area contributed by atoms with Crippen molar-refractivity contribution in [3.05, 3.63) is 70.9 Å². The summed E-state index contributed by atoms with van der Waals surface area (Å²) in [5.74, 6) is -0.957. The van der Waals surface area contributed by atoms with Crippen molar-refractivity contribution < 1.29 is 14.4 Å². The molecular formula is C28H32N4O3. The Morgan fingerprint density at radius 3 is 2.60 bits per heavy atom. The molecule has 182 valence electrons. The molecular weight excluding hydrogens is 440 g/mol. The van der Waals surface area contributed by atoms with Crippen molar-refractivity contribution in [1.29, 1.82) is 0 Å². The summed E-state index contributed by atoms with van der Waals surface area (Å²) in [5.41, 5.74) is 5.95. The number of allylic oxidation sites excluding steroid dienone is 1. The minimum Gasteiger partial charge on any atom is -0.362 e. The van der Waals surface area contributed by atoms with Gasteiger partial charge in [0, 0.05) is 23.5 Å². The highest BCUT2D eigenvalue weighted by molar-refractivity contribution is 6.16. The van der Waals surface area contributed by atoms with Gasteiger partial charge in [-0.2, -0.15) is 0 Å². The number of hydrogen-bond donors (Lipinski definition) is 2. The van der Waals surface area contributed by atoms with Gasteiger partial charge in [-0.1, -0.05) is 31.2 Å². The van der Waals surface area contributed by atoms with Crippen molar-refractivity contribution >= 4 is 40.9 Å². The van der Waals surface area contributed by atoms with Crippen LogP contribution in [0.3, 0.4) is 0 Å². The van der Waals surface area contributed by atoms with Gasteiger partial charge in [0.2, 0.25) is 5.91 Å². The zero-order valence-electron chi connectivity index (χ0n) is 20.9. The Balaban J connectivity index is 1.53. The first-order valence-electron chi connectivity index (χ1n) is 11.9. The van der Waals surface area contributed by atoms with Gasteiger partial charge in [-0.25, -0.2) is 9.69 Å². The summed E-state index contributed by atoms with van der Waals surface area (Å²) in [6, 6.07) is 12.8. The molecule has 0 radical (unpaired) electrons. The molecule has 0 atom stereocenters. The summed E-state index contributed by atoms with van der Waals surface area (Å²) < 4.78 is 0. The van der Waals surface area contributed by atoms with Gasteiger partial charge in [-0.15, -0.1) is 0 Å². The van der Waals surface area contributed by atoms with E-state index in [0.717, 1.165) is 40.2 Å². The van der Waals surface area contributed by atoms with Crippen molar-refractivity contribution in [3.8, 4) is 0 Å². The lowest BCUT2D eigenvalue weighted by Gasteiger charge is -2.43. The lowest BCUT2D eigenvalue weighted by atomic mass is 9.87. The van der Waals surface area contributed by atoms with Gasteiger partial charge >= 0.3 is 6.03 Å². The summed E-state index contributed by atoms with van der Waals surface area (Å²) in [7, 11) is 0. The number of anilines is 2. The van der Waals surface area contributed by atoms with E-state index in [1.54, 1.807) is 12.1 Å². The Hall–Kier alpha value is -3.87. The maximum absolute atomic E-state index is 12.9. The molecule has 2 aromatic rings. The molecule has 2 heterocycles. The van der Waals surface area contributed by atoms with Crippen LogP contribution in [-0.2, 0) is 9.59 Å². The second-order valence-corrected chi connectivity index (χ2v) is 9.71. The Morgan fingerprint density at radius 2 is 1.89 bits per heavy atom. The van der Waals surface area contributed by atoms with Gasteiger partial charge < -0.3 is 15.5 Å². The third kappa shape index (κ3) is 4.99. The van der Waals surface area contributed by atoms with Crippen molar-refractivity contribution in [3.63, 3.8) is 0 Å². The predicted octanol–water partition coefficient (Wildman–Crippen LogP) is 4.94. The number of urea groups is 1. The highest BCUT2D eigenvalue weighted by Gasteiger charge is 2.35. The van der Waals surface area contributed by atoms with Crippen LogP contribution in [0.1, 0.15) is 50.8 Å². The van der Waals surface area contributed by atoms with Crippen LogP contribution in [0.4, 0.5) is 16.2 Å². The number of hydrogen-bond acceptors (Lipinski definition) is 4. The minimum atomic E-state index is -0.606. The first kappa shape index (κ1) is 24.3. The van der Waals surface area contributed by atoms with Gasteiger partial charge in [-0.3, -0.25) is 9.59 Å². The number of carbonyl (C=O) groups is 3. The standard InChI is InChI=1S/C28H32N4O3/c1-6-12-32-24-11-10-20(14-22(24)19(3)16-28(32,4)5)15-23-26(34)31(27(35)30-23)17-25(33)29-21-9-7-8-18(2)13-21/h7-11,13-16H,6,12,17H2,1-5H3,(H,29,33)(H,30,35)/b23-15+. The van der Waals surface area contributed by atoms with E-state index in [2.05, 4.69) is 55.4 Å². The van der Waals surface area contributed by atoms with Crippen molar-refractivity contribution in [1.82, 2.24) is 10.2 Å². The quantitative estimate of drug-likeness (QED) is 0.461. The SMILES string of the molecule is CCCN1c2ccc(/C=C3/NC(=O)N(CC(=O)Nc4cccc(C)c4)C3=O)cc2C(C)=CC1(C)C. The lowest BCUT2D eigenvalue weighted by Crippen LogP contribution is -2.45. The molecule has 2 aromatic carbocycles. The van der Waals surface area contributed by atoms with Crippen molar-refractivity contribution in [2.75, 3.05) is 23.3 Å². The molecule has 0 spiro atoms. The van der Waals surface area contributed by atoms with Crippen LogP contribution in [-0.4, -0.2) is 41.4 Å². The maximum Gasteiger partial charge on any atom is 0.329 e. The van der Waals surface area contributed by atoms with Crippen LogP contribution in [0.25, 0.3) is 11.6 Å². The number of carbonyl (C=O) groups excluding carboxylic acids is 3. The normalized spacial score (nSPS) is 17.9. The van der Waals surface area contributed by atoms with E-state index in [9.17, 15) is 14.4 Å². The van der Waals surface area contributed by atoms with Crippen molar-refractivity contribution in [2.45, 2.75) is 46.6 Å². The van der Waals surface area contributed by atoms with Gasteiger partial charge in [0.15, 0.2) is 0 Å². The van der Waals surface area contributed by atoms with Gasteiger partial charge in [0.25, 0.3) is 5.91 Å². The molecule has 35 heavy (non-hydrogen) atoms. The lowest BCUT2D eigenvalue weighted by molar-refractivity contribution is -0.127. The second-order valence-electron chi connectivity index (χ2n) is 9.71. The third-order valence-corrected chi connectivity index (χ3v) is 6.33. The topological polar surface area (TPSA) is 81.8 Å². The van der Waals surface area contributed by atoms with Crippen LogP contribution in [0.2, 0.25) is 0 Å². The largest absolute Gasteiger partial charge is 0.362 e. The number of aryl methyl sites for hydroxylation is 1. The fourth-order valence-electron chi connectivity index (χ4n) is 4.77. The second kappa shape index (κ2) is 9.41. The van der Waals surface area contributed by atoms with E-state index < -0.39 is 17.8 Å². The molecule has 4 rings (SSSR count). The van der Waals surface area contributed by atoms with E-state index in [1.165, 1.54) is 5.57 Å². The predicted molar refractivity (Wildman–Crippen MR) is 140 cm³/mol. The molecule has 2 aliphatic heterocycles. The molecule has 0 saturated carbocycles. The smallest absolute Gasteiger partial charge is 0.329 e. The number of benzene rings is 2. The average Bonchev–Trinajstić information content (AvgIpc) is 3.03. The monoisotopic (exact) mass is 472 g/mol. The highest BCUT2D eigenvalue weighted by Crippen LogP contribution is 2.39. The van der Waals surface area contributed by atoms with Crippen molar-refractivity contribution in [2.24, 2.45) is 0 Å². The molecule has 4 amide bonds. The highest BCUT2D eigenvalue weighted by atomic mass is 16.2. The number of nitrogens with one attached hydrogen (secondary N) is 2. The average molecular weight is 473 g/mol. The molecule has 7 heteroatoms. The number of nitrogens with zero attached hydrogens (tertiary/aromatic N) is 2. The first-order chi connectivity index (χ1) is 16.6. The molecule has 0 bridgehead atoms. The molecule has 2 N–H and O–H groups in total. The Labute approximate surface area is 206 Å². The third-order valence-electron chi connectivity index (χ3n) is 6.33. The van der Waals surface area contributed by atoms with E-state index >= 15 is 0 Å².